The van der Waals surface area contributed by atoms with Crippen LogP contribution in [0.4, 0.5) is 0 Å². The third kappa shape index (κ3) is 4.62. The van der Waals surface area contributed by atoms with E-state index in [0.29, 0.717) is 0 Å². The second-order valence-electron chi connectivity index (χ2n) is 4.18. The van der Waals surface area contributed by atoms with Crippen molar-refractivity contribution in [2.75, 3.05) is 6.54 Å². The van der Waals surface area contributed by atoms with Crippen LogP contribution in [0, 0.1) is 5.41 Å². The summed E-state index contributed by atoms with van der Waals surface area (Å²) in [5, 5.41) is 2.47. The van der Waals surface area contributed by atoms with Crippen LogP contribution in [-0.4, -0.2) is 24.3 Å². The molecule has 3 N–H and O–H groups in total. The summed E-state index contributed by atoms with van der Waals surface area (Å²) in [5.41, 5.74) is 4.90. The first-order valence-electron chi connectivity index (χ1n) is 4.31. The van der Waals surface area contributed by atoms with Crippen LogP contribution < -0.4 is 11.1 Å². The quantitative estimate of drug-likeness (QED) is 0.655. The van der Waals surface area contributed by atoms with Gasteiger partial charge in [-0.05, 0) is 6.92 Å². The van der Waals surface area contributed by atoms with Crippen LogP contribution in [0.1, 0.15) is 27.7 Å². The number of nitrogens with one attached hydrogen (secondary N) is 1. The van der Waals surface area contributed by atoms with E-state index in [1.54, 1.807) is 6.92 Å². The summed E-state index contributed by atoms with van der Waals surface area (Å²) in [4.78, 5) is 22.3. The van der Waals surface area contributed by atoms with Crippen LogP contribution in [0.15, 0.2) is 0 Å². The van der Waals surface area contributed by atoms with Gasteiger partial charge < -0.3 is 11.1 Å². The molecular weight excluding hydrogens is 168 g/mol. The number of ketones is 1. The largest absolute Gasteiger partial charge is 0.348 e. The highest BCUT2D eigenvalue weighted by Gasteiger charge is 2.21. The summed E-state index contributed by atoms with van der Waals surface area (Å²) in [7, 11) is 0. The summed E-state index contributed by atoms with van der Waals surface area (Å²) in [6, 6.07) is -0.562. The number of hydrogen-bond acceptors (Lipinski definition) is 3. The van der Waals surface area contributed by atoms with Gasteiger partial charge in [-0.2, -0.15) is 0 Å². The van der Waals surface area contributed by atoms with E-state index in [1.165, 1.54) is 0 Å². The van der Waals surface area contributed by atoms with E-state index in [4.69, 9.17) is 5.73 Å². The van der Waals surface area contributed by atoms with Crippen molar-refractivity contribution in [3.63, 3.8) is 0 Å². The minimum Gasteiger partial charge on any atom is -0.348 e. The van der Waals surface area contributed by atoms with Gasteiger partial charge in [0.25, 0.3) is 0 Å². The smallest absolute Gasteiger partial charge is 0.236 e. The molecule has 4 nitrogen and oxygen atoms in total. The summed E-state index contributed by atoms with van der Waals surface area (Å²) >= 11 is 0. The molecule has 0 saturated carbocycles. The third-order valence-electron chi connectivity index (χ3n) is 1.67. The molecule has 0 aliphatic carbocycles. The lowest BCUT2D eigenvalue weighted by Gasteiger charge is -2.17. The minimum absolute atomic E-state index is 0.00139. The molecule has 0 aromatic rings. The molecule has 1 atom stereocenters. The van der Waals surface area contributed by atoms with Crippen LogP contribution in [-0.2, 0) is 9.59 Å². The van der Waals surface area contributed by atoms with Crippen LogP contribution in [0.2, 0.25) is 0 Å². The molecule has 0 aromatic heterocycles. The lowest BCUT2D eigenvalue weighted by Crippen LogP contribution is -2.42. The lowest BCUT2D eigenvalue weighted by atomic mass is 9.91. The average molecular weight is 186 g/mol. The number of carbonyl (C=O) groups is 2. The van der Waals surface area contributed by atoms with Crippen molar-refractivity contribution in [2.45, 2.75) is 33.7 Å². The monoisotopic (exact) mass is 186 g/mol. The van der Waals surface area contributed by atoms with Crippen LogP contribution >= 0.6 is 0 Å². The molecule has 0 fully saturated rings. The number of Topliss-reactive ketones (excluding diaryl/α,β-unsaturated/α-hetero) is 1. The van der Waals surface area contributed by atoms with Crippen molar-refractivity contribution >= 4 is 11.7 Å². The zero-order valence-corrected chi connectivity index (χ0v) is 8.68. The zero-order valence-electron chi connectivity index (χ0n) is 8.68. The first-order chi connectivity index (χ1) is 5.75. The van der Waals surface area contributed by atoms with Gasteiger partial charge in [0, 0.05) is 5.41 Å². The predicted molar refractivity (Wildman–Crippen MR) is 51.1 cm³/mol. The van der Waals surface area contributed by atoms with Gasteiger partial charge >= 0.3 is 0 Å². The van der Waals surface area contributed by atoms with E-state index in [9.17, 15) is 9.59 Å². The van der Waals surface area contributed by atoms with Gasteiger partial charge in [0.1, 0.15) is 0 Å². The second-order valence-corrected chi connectivity index (χ2v) is 4.18. The van der Waals surface area contributed by atoms with Gasteiger partial charge in [-0.3, -0.25) is 9.59 Å². The van der Waals surface area contributed by atoms with E-state index >= 15 is 0 Å². The second kappa shape index (κ2) is 4.37. The molecule has 0 radical (unpaired) electrons. The summed E-state index contributed by atoms with van der Waals surface area (Å²) in [5.74, 6) is -0.292. The molecular formula is C9H18N2O2. The highest BCUT2D eigenvalue weighted by atomic mass is 16.2. The maximum Gasteiger partial charge on any atom is 0.236 e. The number of carbonyl (C=O) groups excluding carboxylic acids is 2. The van der Waals surface area contributed by atoms with Gasteiger partial charge in [-0.25, -0.2) is 0 Å². The first-order valence-corrected chi connectivity index (χ1v) is 4.31. The molecule has 0 aromatic carbocycles. The molecule has 0 aliphatic rings. The van der Waals surface area contributed by atoms with Crippen molar-refractivity contribution < 1.29 is 9.59 Å². The summed E-state index contributed by atoms with van der Waals surface area (Å²) < 4.78 is 0. The average Bonchev–Trinajstić information content (AvgIpc) is 1.97. The third-order valence-corrected chi connectivity index (χ3v) is 1.67. The fourth-order valence-corrected chi connectivity index (χ4v) is 0.594. The van der Waals surface area contributed by atoms with Gasteiger partial charge in [-0.1, -0.05) is 20.8 Å². The SMILES string of the molecule is C[C@H](N)C(=O)NCC(=O)C(C)(C)C. The fourth-order valence-electron chi connectivity index (χ4n) is 0.594. The van der Waals surface area contributed by atoms with Crippen molar-refractivity contribution in [1.82, 2.24) is 5.32 Å². The molecule has 1 amide bonds. The van der Waals surface area contributed by atoms with Gasteiger partial charge in [0.2, 0.25) is 5.91 Å². The Bertz CT molecular complexity index is 204. The van der Waals surface area contributed by atoms with Crippen molar-refractivity contribution in [3.8, 4) is 0 Å². The van der Waals surface area contributed by atoms with Gasteiger partial charge in [-0.15, -0.1) is 0 Å². The highest BCUT2D eigenvalue weighted by molar-refractivity contribution is 5.90. The van der Waals surface area contributed by atoms with Crippen LogP contribution in [0.5, 0.6) is 0 Å². The molecule has 0 rings (SSSR count). The van der Waals surface area contributed by atoms with Gasteiger partial charge in [0.15, 0.2) is 5.78 Å². The Morgan fingerprint density at radius 1 is 1.38 bits per heavy atom. The summed E-state index contributed by atoms with van der Waals surface area (Å²) in [6.07, 6.45) is 0. The van der Waals surface area contributed by atoms with E-state index in [-0.39, 0.29) is 18.2 Å². The molecule has 4 heteroatoms. The Morgan fingerprint density at radius 3 is 2.15 bits per heavy atom. The standard InChI is InChI=1S/C9H18N2O2/c1-6(10)8(13)11-5-7(12)9(2,3)4/h6H,5,10H2,1-4H3,(H,11,13)/t6-/m0/s1. The Hall–Kier alpha value is -0.900. The molecule has 0 saturated heterocycles. The number of hydrogen-bond donors (Lipinski definition) is 2. The number of amides is 1. The van der Waals surface area contributed by atoms with Crippen LogP contribution in [0.3, 0.4) is 0 Å². The van der Waals surface area contributed by atoms with Crippen LogP contribution in [0.25, 0.3) is 0 Å². The molecule has 0 bridgehead atoms. The van der Waals surface area contributed by atoms with E-state index in [2.05, 4.69) is 5.32 Å². The van der Waals surface area contributed by atoms with Crippen molar-refractivity contribution in [1.29, 1.82) is 0 Å². The van der Waals surface area contributed by atoms with E-state index < -0.39 is 11.5 Å². The Morgan fingerprint density at radius 2 is 1.85 bits per heavy atom. The number of nitrogens with two attached hydrogens (primary N) is 1. The Balaban J connectivity index is 3.92. The molecule has 0 aliphatic heterocycles. The topological polar surface area (TPSA) is 72.2 Å². The Labute approximate surface area is 78.9 Å². The molecule has 0 heterocycles. The normalized spacial score (nSPS) is 13.6. The molecule has 76 valence electrons. The van der Waals surface area contributed by atoms with E-state index in [1.807, 2.05) is 20.8 Å². The van der Waals surface area contributed by atoms with Gasteiger partial charge in [0.05, 0.1) is 12.6 Å². The van der Waals surface area contributed by atoms with Crippen molar-refractivity contribution in [2.24, 2.45) is 11.1 Å². The zero-order chi connectivity index (χ0) is 10.6. The van der Waals surface area contributed by atoms with Crippen molar-refractivity contribution in [3.05, 3.63) is 0 Å². The highest BCUT2D eigenvalue weighted by Crippen LogP contribution is 2.13. The molecule has 0 unspecified atom stereocenters. The lowest BCUT2D eigenvalue weighted by molar-refractivity contribution is -0.129. The fraction of sp³-hybridized carbons (Fsp3) is 0.778. The first kappa shape index (κ1) is 12.1. The van der Waals surface area contributed by atoms with E-state index in [0.717, 1.165) is 0 Å². The minimum atomic E-state index is -0.562. The Kier molecular flexibility index (Phi) is 4.07. The summed E-state index contributed by atoms with van der Waals surface area (Å²) in [6.45, 7) is 7.08. The maximum atomic E-state index is 11.3. The molecule has 0 spiro atoms. The molecule has 13 heavy (non-hydrogen) atoms. The maximum absolute atomic E-state index is 11.3. The number of rotatable bonds is 3. The predicted octanol–water partition coefficient (Wildman–Crippen LogP) is 0.0650.